The largest absolute Gasteiger partial charge is 0.508 e. The number of carboxylic acids is 1. The van der Waals surface area contributed by atoms with Crippen LogP contribution in [-0.2, 0) is 9.59 Å². The van der Waals surface area contributed by atoms with E-state index in [9.17, 15) is 24.6 Å². The fourth-order valence-corrected chi connectivity index (χ4v) is 5.79. The molecule has 2 saturated heterocycles. The number of fused-ring (bicyclic) bond motifs is 2. The molecule has 2 aliphatic heterocycles. The van der Waals surface area contributed by atoms with Crippen LogP contribution in [0.3, 0.4) is 0 Å². The van der Waals surface area contributed by atoms with Crippen molar-refractivity contribution in [1.29, 1.82) is 0 Å². The van der Waals surface area contributed by atoms with Gasteiger partial charge < -0.3 is 25.2 Å². The SMILES string of the molecule is CCOc1ccc2cc(O)ccc2c1C(=O)N[C@@H]1C(=O)N2[C@@H]1SC(C)(C)[C@@H]2C(=O)O. The number of ether oxygens (including phenoxy) is 1. The van der Waals surface area contributed by atoms with Gasteiger partial charge in [0, 0.05) is 4.75 Å². The maximum Gasteiger partial charge on any atom is 0.327 e. The Labute approximate surface area is 177 Å². The summed E-state index contributed by atoms with van der Waals surface area (Å²) in [6.45, 7) is 5.73. The molecule has 9 heteroatoms. The van der Waals surface area contributed by atoms with Gasteiger partial charge in [-0.1, -0.05) is 6.07 Å². The molecule has 0 saturated carbocycles. The van der Waals surface area contributed by atoms with Crippen molar-refractivity contribution in [3.8, 4) is 11.5 Å². The number of nitrogens with zero attached hydrogens (tertiary/aromatic N) is 1. The summed E-state index contributed by atoms with van der Waals surface area (Å²) >= 11 is 1.37. The number of carbonyl (C=O) groups excluding carboxylic acids is 2. The van der Waals surface area contributed by atoms with Crippen molar-refractivity contribution in [2.24, 2.45) is 0 Å². The van der Waals surface area contributed by atoms with E-state index in [1.54, 1.807) is 45.0 Å². The lowest BCUT2D eigenvalue weighted by molar-refractivity contribution is -0.159. The van der Waals surface area contributed by atoms with Crippen LogP contribution in [0.25, 0.3) is 10.8 Å². The molecular weight excluding hydrogens is 408 g/mol. The lowest BCUT2D eigenvalue weighted by Crippen LogP contribution is -2.70. The van der Waals surface area contributed by atoms with Gasteiger partial charge in [-0.05, 0) is 55.8 Å². The van der Waals surface area contributed by atoms with Crippen molar-refractivity contribution in [2.75, 3.05) is 6.61 Å². The van der Waals surface area contributed by atoms with E-state index in [1.807, 2.05) is 0 Å². The number of amides is 2. The topological polar surface area (TPSA) is 116 Å². The third-order valence-corrected chi connectivity index (χ3v) is 7.03. The number of carboxylic acid groups (broad SMARTS) is 1. The first kappa shape index (κ1) is 20.3. The Bertz CT molecular complexity index is 1070. The minimum atomic E-state index is -1.05. The van der Waals surface area contributed by atoms with Crippen molar-refractivity contribution < 1.29 is 29.3 Å². The van der Waals surface area contributed by atoms with E-state index in [2.05, 4.69) is 5.32 Å². The first-order valence-corrected chi connectivity index (χ1v) is 10.5. The molecule has 2 heterocycles. The van der Waals surface area contributed by atoms with Crippen LogP contribution in [0.2, 0.25) is 0 Å². The summed E-state index contributed by atoms with van der Waals surface area (Å²) in [6, 6.07) is 6.32. The van der Waals surface area contributed by atoms with Crippen molar-refractivity contribution >= 4 is 40.3 Å². The molecule has 3 atom stereocenters. The zero-order chi connectivity index (χ0) is 21.8. The number of hydrogen-bond acceptors (Lipinski definition) is 6. The molecule has 2 aromatic carbocycles. The number of phenolic OH excluding ortho intramolecular Hbond substituents is 1. The van der Waals surface area contributed by atoms with Gasteiger partial charge in [0.05, 0.1) is 12.2 Å². The molecule has 2 aliphatic rings. The van der Waals surface area contributed by atoms with Gasteiger partial charge in [-0.2, -0.15) is 0 Å². The van der Waals surface area contributed by atoms with Crippen molar-refractivity contribution in [1.82, 2.24) is 10.2 Å². The van der Waals surface area contributed by atoms with Gasteiger partial charge in [0.15, 0.2) is 0 Å². The smallest absolute Gasteiger partial charge is 0.327 e. The molecule has 2 amide bonds. The zero-order valence-electron chi connectivity index (χ0n) is 16.7. The second kappa shape index (κ2) is 7.09. The predicted octanol–water partition coefficient (Wildman–Crippen LogP) is 2.19. The van der Waals surface area contributed by atoms with E-state index < -0.39 is 40.0 Å². The summed E-state index contributed by atoms with van der Waals surface area (Å²) < 4.78 is 4.96. The van der Waals surface area contributed by atoms with E-state index in [1.165, 1.54) is 22.7 Å². The number of hydrogen-bond donors (Lipinski definition) is 3. The monoisotopic (exact) mass is 430 g/mol. The first-order chi connectivity index (χ1) is 14.2. The number of carbonyl (C=O) groups is 3. The number of aliphatic carboxylic acids is 1. The number of β-lactam (4-membered cyclic amide) rings is 1. The lowest BCUT2D eigenvalue weighted by atomic mass is 9.95. The van der Waals surface area contributed by atoms with Crippen LogP contribution in [0.1, 0.15) is 31.1 Å². The van der Waals surface area contributed by atoms with Crippen LogP contribution >= 0.6 is 11.8 Å². The predicted molar refractivity (Wildman–Crippen MR) is 112 cm³/mol. The number of rotatable bonds is 5. The van der Waals surface area contributed by atoms with Crippen molar-refractivity contribution in [3.05, 3.63) is 35.9 Å². The van der Waals surface area contributed by atoms with Gasteiger partial charge in [-0.3, -0.25) is 9.59 Å². The molecule has 0 aliphatic carbocycles. The molecule has 2 fully saturated rings. The molecular formula is C21H22N2O6S. The molecule has 30 heavy (non-hydrogen) atoms. The second-order valence-corrected chi connectivity index (χ2v) is 9.60. The molecule has 158 valence electrons. The lowest BCUT2D eigenvalue weighted by Gasteiger charge is -2.43. The average molecular weight is 430 g/mol. The summed E-state index contributed by atoms with van der Waals surface area (Å²) in [5, 5.41) is 22.9. The highest BCUT2D eigenvalue weighted by Crippen LogP contribution is 2.50. The van der Waals surface area contributed by atoms with E-state index in [4.69, 9.17) is 4.74 Å². The van der Waals surface area contributed by atoms with Gasteiger partial charge in [0.2, 0.25) is 5.91 Å². The molecule has 3 N–H and O–H groups in total. The first-order valence-electron chi connectivity index (χ1n) is 9.58. The Balaban J connectivity index is 1.65. The van der Waals surface area contributed by atoms with Crippen LogP contribution in [0, 0.1) is 0 Å². The highest BCUT2D eigenvalue weighted by Gasteiger charge is 2.64. The average Bonchev–Trinajstić information content (AvgIpc) is 2.94. The Morgan fingerprint density at radius 1 is 1.27 bits per heavy atom. The fraction of sp³-hybridized carbons (Fsp3) is 0.381. The number of benzene rings is 2. The normalized spacial score (nSPS) is 24.3. The number of phenols is 1. The van der Waals surface area contributed by atoms with Crippen LogP contribution in [0.15, 0.2) is 30.3 Å². The van der Waals surface area contributed by atoms with Crippen LogP contribution < -0.4 is 10.1 Å². The quantitative estimate of drug-likeness (QED) is 0.623. The fourth-order valence-electron chi connectivity index (χ4n) is 4.17. The molecule has 8 nitrogen and oxygen atoms in total. The summed E-state index contributed by atoms with van der Waals surface area (Å²) in [4.78, 5) is 38.9. The number of nitrogens with one attached hydrogen (secondary N) is 1. The summed E-state index contributed by atoms with van der Waals surface area (Å²) in [6.07, 6.45) is 0. The molecule has 0 aromatic heterocycles. The highest BCUT2D eigenvalue weighted by molar-refractivity contribution is 8.01. The van der Waals surface area contributed by atoms with Gasteiger partial charge in [-0.15, -0.1) is 11.8 Å². The Morgan fingerprint density at radius 2 is 2.00 bits per heavy atom. The van der Waals surface area contributed by atoms with Crippen LogP contribution in [0.4, 0.5) is 0 Å². The second-order valence-electron chi connectivity index (χ2n) is 7.83. The Morgan fingerprint density at radius 3 is 2.67 bits per heavy atom. The van der Waals surface area contributed by atoms with E-state index in [0.29, 0.717) is 23.1 Å². The number of aromatic hydroxyl groups is 1. The van der Waals surface area contributed by atoms with Crippen LogP contribution in [0.5, 0.6) is 11.5 Å². The van der Waals surface area contributed by atoms with Crippen molar-refractivity contribution in [3.63, 3.8) is 0 Å². The van der Waals surface area contributed by atoms with Gasteiger partial charge >= 0.3 is 5.97 Å². The molecule has 0 radical (unpaired) electrons. The van der Waals surface area contributed by atoms with E-state index in [-0.39, 0.29) is 11.3 Å². The van der Waals surface area contributed by atoms with Gasteiger partial charge in [0.25, 0.3) is 5.91 Å². The molecule has 0 spiro atoms. The van der Waals surface area contributed by atoms with Crippen molar-refractivity contribution in [2.45, 2.75) is 43.0 Å². The third kappa shape index (κ3) is 3.04. The zero-order valence-corrected chi connectivity index (χ0v) is 17.5. The number of thioether (sulfide) groups is 1. The maximum atomic E-state index is 13.2. The standard InChI is InChI=1S/C21H22N2O6S/c1-4-29-13-8-5-10-9-11(24)6-7-12(10)14(13)17(25)22-15-18(26)23-16(20(27)28)21(2,3)30-19(15)23/h5-9,15-16,19,24H,4H2,1-3H3,(H,22,25)(H,27,28)/t15-,16+,19-/m1/s1. The maximum absolute atomic E-state index is 13.2. The third-order valence-electron chi connectivity index (χ3n) is 5.45. The summed E-state index contributed by atoms with van der Waals surface area (Å²) in [5.41, 5.74) is 0.276. The summed E-state index contributed by atoms with van der Waals surface area (Å²) in [7, 11) is 0. The van der Waals surface area contributed by atoms with Gasteiger partial charge in [-0.25, -0.2) is 4.79 Å². The molecule has 0 unspecified atom stereocenters. The molecule has 4 rings (SSSR count). The van der Waals surface area contributed by atoms with E-state index >= 15 is 0 Å². The Hall–Kier alpha value is -2.94. The minimum absolute atomic E-state index is 0.0760. The van der Waals surface area contributed by atoms with Gasteiger partial charge in [0.1, 0.15) is 29.0 Å². The highest BCUT2D eigenvalue weighted by atomic mass is 32.2. The molecule has 2 aromatic rings. The minimum Gasteiger partial charge on any atom is -0.508 e. The van der Waals surface area contributed by atoms with E-state index in [0.717, 1.165) is 0 Å². The van der Waals surface area contributed by atoms with Crippen LogP contribution in [-0.4, -0.2) is 61.7 Å². The summed E-state index contributed by atoms with van der Waals surface area (Å²) in [5.74, 6) is -1.49. The molecule has 0 bridgehead atoms. The Kier molecular flexibility index (Phi) is 4.80.